The van der Waals surface area contributed by atoms with Crippen molar-refractivity contribution in [3.8, 4) is 0 Å². The molecule has 7 nitrogen and oxygen atoms in total. The Morgan fingerprint density at radius 2 is 2.00 bits per heavy atom. The van der Waals surface area contributed by atoms with Gasteiger partial charge in [-0.15, -0.1) is 0 Å². The average Bonchev–Trinajstić information content (AvgIpc) is 3.17. The molecule has 0 aromatic heterocycles. The maximum atomic E-state index is 12.8. The molecule has 3 atom stereocenters. The second-order valence-corrected chi connectivity index (χ2v) is 7.95. The molecule has 3 aliphatic rings. The zero-order valence-corrected chi connectivity index (χ0v) is 16.4. The summed E-state index contributed by atoms with van der Waals surface area (Å²) < 4.78 is 11.9. The summed E-state index contributed by atoms with van der Waals surface area (Å²) in [5.41, 5.74) is 12.8. The first-order valence-corrected chi connectivity index (χ1v) is 10.1. The van der Waals surface area contributed by atoms with Gasteiger partial charge in [0.1, 0.15) is 11.2 Å². The molecule has 1 aliphatic carbocycles. The molecule has 0 spiro atoms. The smallest absolute Gasteiger partial charge is 0.244 e. The average molecular weight is 397 g/mol. The molecule has 0 saturated carbocycles. The first-order chi connectivity index (χ1) is 14.0. The van der Waals surface area contributed by atoms with E-state index in [2.05, 4.69) is 5.32 Å². The molecule has 4 rings (SSSR count). The van der Waals surface area contributed by atoms with Gasteiger partial charge in [0.15, 0.2) is 0 Å². The molecule has 154 valence electrons. The number of hydrogen-bond acceptors (Lipinski definition) is 5. The second kappa shape index (κ2) is 8.00. The van der Waals surface area contributed by atoms with Gasteiger partial charge in [0.25, 0.3) is 0 Å². The van der Waals surface area contributed by atoms with Gasteiger partial charge in [-0.25, -0.2) is 0 Å². The third kappa shape index (κ3) is 3.68. The topological polar surface area (TPSA) is 117 Å². The molecule has 2 aliphatic heterocycles. The highest BCUT2D eigenvalue weighted by atomic mass is 16.5. The van der Waals surface area contributed by atoms with Crippen LogP contribution in [0, 0.1) is 5.41 Å². The number of carbonyl (C=O) groups excluding carboxylic acids is 2. The van der Waals surface area contributed by atoms with Crippen LogP contribution in [0.15, 0.2) is 53.3 Å². The Balaban J connectivity index is 1.71. The molecule has 7 heteroatoms. The van der Waals surface area contributed by atoms with E-state index in [1.807, 2.05) is 30.3 Å². The van der Waals surface area contributed by atoms with Crippen LogP contribution in [-0.4, -0.2) is 44.2 Å². The highest BCUT2D eigenvalue weighted by Gasteiger charge is 2.50. The van der Waals surface area contributed by atoms with E-state index < -0.39 is 17.2 Å². The molecule has 2 heterocycles. The molecule has 1 fully saturated rings. The predicted molar refractivity (Wildman–Crippen MR) is 108 cm³/mol. The maximum Gasteiger partial charge on any atom is 0.244 e. The fourth-order valence-electron chi connectivity index (χ4n) is 4.58. The van der Waals surface area contributed by atoms with E-state index in [9.17, 15) is 9.59 Å². The van der Waals surface area contributed by atoms with Crippen molar-refractivity contribution in [3.05, 3.63) is 58.9 Å². The summed E-state index contributed by atoms with van der Waals surface area (Å²) in [6.45, 7) is 2.60. The highest BCUT2D eigenvalue weighted by Crippen LogP contribution is 2.51. The number of hydrogen-bond donors (Lipinski definition) is 3. The third-order valence-corrected chi connectivity index (χ3v) is 6.18. The van der Waals surface area contributed by atoms with Crippen molar-refractivity contribution in [2.75, 3.05) is 26.3 Å². The normalized spacial score (nSPS) is 29.0. The number of amides is 2. The minimum Gasteiger partial charge on any atom is -0.495 e. The zero-order chi connectivity index (χ0) is 20.4. The van der Waals surface area contributed by atoms with Crippen molar-refractivity contribution in [2.24, 2.45) is 16.9 Å². The van der Waals surface area contributed by atoms with Gasteiger partial charge in [-0.05, 0) is 30.9 Å². The molecular formula is C22H27N3O4. The molecule has 0 bridgehead atoms. The number of nitrogens with two attached hydrogens (primary N) is 2. The minimum atomic E-state index is -1.08. The van der Waals surface area contributed by atoms with Crippen molar-refractivity contribution in [2.45, 2.75) is 31.3 Å². The summed E-state index contributed by atoms with van der Waals surface area (Å²) in [6, 6.07) is 9.91. The van der Waals surface area contributed by atoms with Crippen LogP contribution in [-0.2, 0) is 19.1 Å². The predicted octanol–water partition coefficient (Wildman–Crippen LogP) is 1.11. The highest BCUT2D eigenvalue weighted by molar-refractivity contribution is 5.96. The Labute approximate surface area is 170 Å². The number of ether oxygens (including phenoxy) is 2. The molecular weight excluding hydrogens is 370 g/mol. The Hall–Kier alpha value is -2.64. The maximum absolute atomic E-state index is 12.8. The van der Waals surface area contributed by atoms with Crippen LogP contribution in [0.1, 0.15) is 30.7 Å². The van der Waals surface area contributed by atoms with Crippen molar-refractivity contribution < 1.29 is 19.1 Å². The molecule has 1 saturated heterocycles. The largest absolute Gasteiger partial charge is 0.495 e. The Bertz CT molecular complexity index is 858. The van der Waals surface area contributed by atoms with Crippen molar-refractivity contribution >= 4 is 11.8 Å². The van der Waals surface area contributed by atoms with Crippen molar-refractivity contribution in [3.63, 3.8) is 0 Å². The lowest BCUT2D eigenvalue weighted by Crippen LogP contribution is -2.44. The number of rotatable bonds is 6. The van der Waals surface area contributed by atoms with Gasteiger partial charge >= 0.3 is 0 Å². The second-order valence-electron chi connectivity index (χ2n) is 7.95. The minimum absolute atomic E-state index is 0.00159. The van der Waals surface area contributed by atoms with Gasteiger partial charge < -0.3 is 26.3 Å². The van der Waals surface area contributed by atoms with Crippen LogP contribution in [0.3, 0.4) is 0 Å². The number of morpholine rings is 1. The van der Waals surface area contributed by atoms with Crippen molar-refractivity contribution in [1.29, 1.82) is 0 Å². The van der Waals surface area contributed by atoms with Crippen LogP contribution >= 0.6 is 0 Å². The van der Waals surface area contributed by atoms with Gasteiger partial charge in [-0.1, -0.05) is 30.3 Å². The molecule has 29 heavy (non-hydrogen) atoms. The summed E-state index contributed by atoms with van der Waals surface area (Å²) in [5.74, 6) is -0.495. The lowest BCUT2D eigenvalue weighted by molar-refractivity contribution is -0.128. The number of benzene rings is 1. The van der Waals surface area contributed by atoms with Gasteiger partial charge in [0.2, 0.25) is 11.8 Å². The molecule has 2 amide bonds. The fraction of sp³-hybridized carbons (Fsp3) is 0.455. The lowest BCUT2D eigenvalue weighted by atomic mass is 9.69. The summed E-state index contributed by atoms with van der Waals surface area (Å²) in [4.78, 5) is 24.9. The van der Waals surface area contributed by atoms with Crippen LogP contribution in [0.2, 0.25) is 0 Å². The van der Waals surface area contributed by atoms with Crippen LogP contribution in [0.4, 0.5) is 0 Å². The SMILES string of the molecule is NC(=O)C1=CC2=C(OCC2c2ccccc2)C(CC[C@@H]2CNCCO2)(C(N)=O)C1. The van der Waals surface area contributed by atoms with E-state index in [0.717, 1.165) is 24.2 Å². The molecule has 1 aromatic carbocycles. The van der Waals surface area contributed by atoms with E-state index >= 15 is 0 Å². The quantitative estimate of drug-likeness (QED) is 0.665. The third-order valence-electron chi connectivity index (χ3n) is 6.18. The van der Waals surface area contributed by atoms with E-state index in [1.54, 1.807) is 6.08 Å². The van der Waals surface area contributed by atoms with Crippen LogP contribution in [0.5, 0.6) is 0 Å². The zero-order valence-electron chi connectivity index (χ0n) is 16.4. The number of primary amides is 2. The molecule has 2 unspecified atom stereocenters. The lowest BCUT2D eigenvalue weighted by Gasteiger charge is -2.36. The molecule has 0 radical (unpaired) electrons. The first kappa shape index (κ1) is 19.7. The van der Waals surface area contributed by atoms with Crippen molar-refractivity contribution in [1.82, 2.24) is 5.32 Å². The van der Waals surface area contributed by atoms with Gasteiger partial charge in [-0.3, -0.25) is 9.59 Å². The summed E-state index contributed by atoms with van der Waals surface area (Å²) >= 11 is 0. The Morgan fingerprint density at radius 1 is 1.21 bits per heavy atom. The fourth-order valence-corrected chi connectivity index (χ4v) is 4.58. The number of allylic oxidation sites excluding steroid dienone is 1. The first-order valence-electron chi connectivity index (χ1n) is 10.1. The van der Waals surface area contributed by atoms with Gasteiger partial charge in [0.05, 0.1) is 19.3 Å². The van der Waals surface area contributed by atoms with Gasteiger partial charge in [-0.2, -0.15) is 0 Å². The number of carbonyl (C=O) groups is 2. The summed E-state index contributed by atoms with van der Waals surface area (Å²) in [5, 5.41) is 3.30. The van der Waals surface area contributed by atoms with E-state index in [4.69, 9.17) is 20.9 Å². The Morgan fingerprint density at radius 3 is 2.66 bits per heavy atom. The summed E-state index contributed by atoms with van der Waals surface area (Å²) in [7, 11) is 0. The summed E-state index contributed by atoms with van der Waals surface area (Å²) in [6.07, 6.45) is 3.04. The molecule has 5 N–H and O–H groups in total. The van der Waals surface area contributed by atoms with E-state index in [0.29, 0.717) is 37.4 Å². The van der Waals surface area contributed by atoms with E-state index in [-0.39, 0.29) is 18.4 Å². The molecule has 1 aromatic rings. The van der Waals surface area contributed by atoms with Gasteiger partial charge in [0, 0.05) is 30.2 Å². The van der Waals surface area contributed by atoms with E-state index in [1.165, 1.54) is 0 Å². The monoisotopic (exact) mass is 397 g/mol. The number of nitrogens with one attached hydrogen (secondary N) is 1. The Kier molecular flexibility index (Phi) is 5.43. The standard InChI is InChI=1S/C22H27N3O4/c23-20(26)15-10-17-18(14-4-2-1-3-5-14)13-29-19(17)22(11-15,21(24)27)7-6-16-12-25-8-9-28-16/h1-5,10,16,18,25H,6-9,11-13H2,(H2,23,26)(H2,24,27)/t16-,18?,22?/m1/s1. The van der Waals surface area contributed by atoms with Crippen LogP contribution in [0.25, 0.3) is 0 Å². The van der Waals surface area contributed by atoms with Crippen LogP contribution < -0.4 is 16.8 Å².